The number of nitrogens with zero attached hydrogens (tertiary/aromatic N) is 3. The number of benzene rings is 1. The van der Waals surface area contributed by atoms with Crippen molar-refractivity contribution in [2.24, 2.45) is 0 Å². The fourth-order valence-electron chi connectivity index (χ4n) is 2.41. The van der Waals surface area contributed by atoms with Crippen LogP contribution in [0, 0.1) is 6.92 Å². The van der Waals surface area contributed by atoms with Gasteiger partial charge < -0.3 is 10.6 Å². The molecule has 0 unspecified atom stereocenters. The van der Waals surface area contributed by atoms with Crippen LogP contribution < -0.4 is 10.6 Å². The first-order chi connectivity index (χ1) is 12.7. The summed E-state index contributed by atoms with van der Waals surface area (Å²) in [4.78, 5) is 25.4. The predicted octanol–water partition coefficient (Wildman–Crippen LogP) is 4.38. The molecule has 130 valence electrons. The van der Waals surface area contributed by atoms with E-state index in [1.807, 2.05) is 42.6 Å². The van der Waals surface area contributed by atoms with Gasteiger partial charge in [-0.15, -0.1) is 11.3 Å². The van der Waals surface area contributed by atoms with Gasteiger partial charge in [-0.1, -0.05) is 23.5 Å². The summed E-state index contributed by atoms with van der Waals surface area (Å²) in [5, 5.41) is 9.17. The molecule has 0 saturated carbocycles. The van der Waals surface area contributed by atoms with Crippen molar-refractivity contribution in [3.63, 3.8) is 0 Å². The minimum absolute atomic E-state index is 0.129. The van der Waals surface area contributed by atoms with Crippen LogP contribution in [0.2, 0.25) is 0 Å². The summed E-state index contributed by atoms with van der Waals surface area (Å²) in [5.74, 6) is 0.595. The van der Waals surface area contributed by atoms with Gasteiger partial charge in [0, 0.05) is 11.6 Å². The highest BCUT2D eigenvalue weighted by Gasteiger charge is 2.11. The standard InChI is InChI=1S/C18H15N5OS2/c1-11-5-6-13-14(8-11)26-18(21-13)23-16(24)9-12-10-25-17(20-12)22-15-4-2-3-7-19-15/h2-8,10H,9H2,1H3,(H,19,20,22)(H,21,23,24). The van der Waals surface area contributed by atoms with Gasteiger partial charge in [-0.2, -0.15) is 0 Å². The molecule has 0 atom stereocenters. The van der Waals surface area contributed by atoms with Crippen molar-refractivity contribution in [2.45, 2.75) is 13.3 Å². The molecule has 0 fully saturated rings. The molecule has 6 nitrogen and oxygen atoms in total. The smallest absolute Gasteiger partial charge is 0.232 e. The maximum atomic E-state index is 12.3. The molecular formula is C18H15N5OS2. The number of rotatable bonds is 5. The molecule has 2 N–H and O–H groups in total. The van der Waals surface area contributed by atoms with Crippen LogP contribution in [0.4, 0.5) is 16.1 Å². The largest absolute Gasteiger partial charge is 0.316 e. The Labute approximate surface area is 158 Å². The van der Waals surface area contributed by atoms with Gasteiger partial charge in [-0.05, 0) is 36.8 Å². The summed E-state index contributed by atoms with van der Waals surface area (Å²) >= 11 is 2.92. The average Bonchev–Trinajstić information content (AvgIpc) is 3.21. The van der Waals surface area contributed by atoms with Gasteiger partial charge in [0.15, 0.2) is 10.3 Å². The number of thiazole rings is 2. The van der Waals surface area contributed by atoms with Crippen molar-refractivity contribution in [3.8, 4) is 0 Å². The fraction of sp³-hybridized carbons (Fsp3) is 0.111. The van der Waals surface area contributed by atoms with Gasteiger partial charge in [-0.3, -0.25) is 4.79 Å². The lowest BCUT2D eigenvalue weighted by molar-refractivity contribution is -0.115. The lowest BCUT2D eigenvalue weighted by Gasteiger charge is -2.00. The Morgan fingerprint density at radius 2 is 2.08 bits per heavy atom. The first kappa shape index (κ1) is 16.6. The molecule has 1 aromatic carbocycles. The summed E-state index contributed by atoms with van der Waals surface area (Å²) < 4.78 is 1.07. The highest BCUT2D eigenvalue weighted by molar-refractivity contribution is 7.22. The van der Waals surface area contributed by atoms with Gasteiger partial charge in [0.2, 0.25) is 5.91 Å². The van der Waals surface area contributed by atoms with E-state index in [4.69, 9.17) is 0 Å². The van der Waals surface area contributed by atoms with Gasteiger partial charge in [0.25, 0.3) is 0 Å². The maximum absolute atomic E-state index is 12.3. The van der Waals surface area contributed by atoms with E-state index >= 15 is 0 Å². The van der Waals surface area contributed by atoms with Crippen molar-refractivity contribution in [1.82, 2.24) is 15.0 Å². The Kier molecular flexibility index (Phi) is 4.59. The van der Waals surface area contributed by atoms with Crippen LogP contribution in [-0.2, 0) is 11.2 Å². The number of pyridine rings is 1. The number of hydrogen-bond acceptors (Lipinski definition) is 7. The quantitative estimate of drug-likeness (QED) is 0.536. The molecule has 26 heavy (non-hydrogen) atoms. The number of carbonyl (C=O) groups excluding carboxylic acids is 1. The summed E-state index contributed by atoms with van der Waals surface area (Å²) in [5.41, 5.74) is 2.78. The van der Waals surface area contributed by atoms with E-state index in [0.29, 0.717) is 16.0 Å². The number of hydrogen-bond donors (Lipinski definition) is 2. The van der Waals surface area contributed by atoms with Crippen LogP contribution in [0.25, 0.3) is 10.2 Å². The number of amides is 1. The highest BCUT2D eigenvalue weighted by atomic mass is 32.1. The molecule has 3 aromatic heterocycles. The summed E-state index contributed by atoms with van der Waals surface area (Å²) in [6, 6.07) is 11.7. The number of aromatic nitrogens is 3. The second-order valence-corrected chi connectivity index (χ2v) is 7.59. The summed E-state index contributed by atoms with van der Waals surface area (Å²) in [7, 11) is 0. The highest BCUT2D eigenvalue weighted by Crippen LogP contribution is 2.27. The minimum atomic E-state index is -0.129. The molecule has 3 heterocycles. The van der Waals surface area contributed by atoms with E-state index in [2.05, 4.69) is 31.7 Å². The zero-order valence-corrected chi connectivity index (χ0v) is 15.5. The number of aryl methyl sites for hydroxylation is 1. The van der Waals surface area contributed by atoms with Crippen molar-refractivity contribution in [2.75, 3.05) is 10.6 Å². The maximum Gasteiger partial charge on any atom is 0.232 e. The molecular weight excluding hydrogens is 366 g/mol. The molecule has 4 aromatic rings. The van der Waals surface area contributed by atoms with Crippen molar-refractivity contribution < 1.29 is 4.79 Å². The second kappa shape index (κ2) is 7.19. The van der Waals surface area contributed by atoms with Crippen molar-refractivity contribution in [3.05, 3.63) is 59.2 Å². The zero-order chi connectivity index (χ0) is 17.9. The number of nitrogens with one attached hydrogen (secondary N) is 2. The predicted molar refractivity (Wildman–Crippen MR) is 106 cm³/mol. The summed E-state index contributed by atoms with van der Waals surface area (Å²) in [6.45, 7) is 2.04. The van der Waals surface area contributed by atoms with E-state index in [0.717, 1.165) is 16.0 Å². The third kappa shape index (κ3) is 3.87. The number of anilines is 3. The van der Waals surface area contributed by atoms with Crippen LogP contribution in [0.5, 0.6) is 0 Å². The first-order valence-corrected chi connectivity index (χ1v) is 9.65. The van der Waals surface area contributed by atoms with E-state index in [1.165, 1.54) is 28.2 Å². The Hall–Kier alpha value is -2.84. The van der Waals surface area contributed by atoms with Crippen LogP contribution in [0.15, 0.2) is 48.0 Å². The normalized spacial score (nSPS) is 10.8. The second-order valence-electron chi connectivity index (χ2n) is 5.70. The molecule has 4 rings (SSSR count). The Morgan fingerprint density at radius 1 is 1.15 bits per heavy atom. The molecule has 0 aliphatic rings. The van der Waals surface area contributed by atoms with Crippen molar-refractivity contribution in [1.29, 1.82) is 0 Å². The van der Waals surface area contributed by atoms with E-state index in [-0.39, 0.29) is 12.3 Å². The minimum Gasteiger partial charge on any atom is -0.316 e. The molecule has 0 aliphatic carbocycles. The van der Waals surface area contributed by atoms with Gasteiger partial charge in [0.1, 0.15) is 5.82 Å². The topological polar surface area (TPSA) is 79.8 Å². The average molecular weight is 381 g/mol. The Balaban J connectivity index is 1.40. The lowest BCUT2D eigenvalue weighted by Crippen LogP contribution is -2.14. The van der Waals surface area contributed by atoms with Crippen LogP contribution in [-0.4, -0.2) is 20.9 Å². The lowest BCUT2D eigenvalue weighted by atomic mass is 10.2. The Morgan fingerprint density at radius 3 is 2.92 bits per heavy atom. The van der Waals surface area contributed by atoms with Gasteiger partial charge >= 0.3 is 0 Å². The molecule has 1 amide bonds. The summed E-state index contributed by atoms with van der Waals surface area (Å²) in [6.07, 6.45) is 1.92. The third-order valence-electron chi connectivity index (χ3n) is 3.58. The Bertz CT molecular complexity index is 1060. The monoisotopic (exact) mass is 381 g/mol. The molecule has 0 bridgehead atoms. The van der Waals surface area contributed by atoms with Crippen LogP contribution >= 0.6 is 22.7 Å². The zero-order valence-electron chi connectivity index (χ0n) is 13.9. The molecule has 0 spiro atoms. The fourth-order valence-corrected chi connectivity index (χ4v) is 4.10. The number of fused-ring (bicyclic) bond motifs is 1. The van der Waals surface area contributed by atoms with Gasteiger partial charge in [-0.25, -0.2) is 15.0 Å². The number of carbonyl (C=O) groups is 1. The van der Waals surface area contributed by atoms with Crippen LogP contribution in [0.3, 0.4) is 0 Å². The molecule has 0 saturated heterocycles. The van der Waals surface area contributed by atoms with E-state index in [1.54, 1.807) is 6.20 Å². The molecule has 8 heteroatoms. The van der Waals surface area contributed by atoms with Crippen molar-refractivity contribution >= 4 is 54.9 Å². The third-order valence-corrected chi connectivity index (χ3v) is 5.32. The molecule has 0 radical (unpaired) electrons. The SMILES string of the molecule is Cc1ccc2nc(NC(=O)Cc3csc(Nc4ccccn4)n3)sc2c1. The van der Waals surface area contributed by atoms with Gasteiger partial charge in [0.05, 0.1) is 22.3 Å². The van der Waals surface area contributed by atoms with Crippen LogP contribution in [0.1, 0.15) is 11.3 Å². The first-order valence-electron chi connectivity index (χ1n) is 7.95. The van der Waals surface area contributed by atoms with E-state index < -0.39 is 0 Å². The van der Waals surface area contributed by atoms with E-state index in [9.17, 15) is 4.79 Å². The molecule has 0 aliphatic heterocycles.